The minimum atomic E-state index is 0.0741. The molecule has 1 aliphatic rings. The third kappa shape index (κ3) is 3.49. The zero-order valence-corrected chi connectivity index (χ0v) is 14.9. The maximum atomic E-state index is 5.84. The highest BCUT2D eigenvalue weighted by atomic mass is 16.5. The molecule has 2 aromatic rings. The van der Waals surface area contributed by atoms with Gasteiger partial charge in [-0.3, -0.25) is 0 Å². The lowest BCUT2D eigenvalue weighted by Gasteiger charge is -2.34. The number of anilines is 1. The van der Waals surface area contributed by atoms with Crippen molar-refractivity contribution in [3.8, 4) is 5.88 Å². The van der Waals surface area contributed by atoms with E-state index < -0.39 is 0 Å². The molecule has 0 aromatic carbocycles. The first-order valence-electron chi connectivity index (χ1n) is 8.68. The van der Waals surface area contributed by atoms with E-state index in [-0.39, 0.29) is 6.10 Å². The van der Waals surface area contributed by atoms with Crippen LogP contribution in [0.25, 0.3) is 0 Å². The molecule has 7 heteroatoms. The van der Waals surface area contributed by atoms with Crippen LogP contribution in [0.3, 0.4) is 0 Å². The smallest absolute Gasteiger partial charge is 0.257 e. The molecule has 24 heavy (non-hydrogen) atoms. The molecular weight excluding hydrogens is 304 g/mol. The Morgan fingerprint density at radius 3 is 2.71 bits per heavy atom. The second-order valence-corrected chi connectivity index (χ2v) is 6.83. The molecular formula is C17H26N6O. The van der Waals surface area contributed by atoms with Gasteiger partial charge in [0.2, 0.25) is 0 Å². The van der Waals surface area contributed by atoms with Gasteiger partial charge in [-0.05, 0) is 40.5 Å². The normalized spacial score (nSPS) is 18.4. The van der Waals surface area contributed by atoms with Crippen LogP contribution >= 0.6 is 0 Å². The number of piperidine rings is 1. The monoisotopic (exact) mass is 330 g/mol. The molecule has 2 aromatic heterocycles. The van der Waals surface area contributed by atoms with Crippen LogP contribution in [0.5, 0.6) is 5.88 Å². The summed E-state index contributed by atoms with van der Waals surface area (Å²) in [5.74, 6) is 2.84. The summed E-state index contributed by atoms with van der Waals surface area (Å²) < 4.78 is 8.00. The maximum absolute atomic E-state index is 5.84. The predicted molar refractivity (Wildman–Crippen MR) is 92.4 cm³/mol. The van der Waals surface area contributed by atoms with E-state index in [0.717, 1.165) is 37.6 Å². The fraction of sp³-hybridized carbons (Fsp3) is 0.647. The molecule has 1 unspecified atom stereocenters. The molecule has 0 radical (unpaired) electrons. The molecule has 3 heterocycles. The van der Waals surface area contributed by atoms with Crippen molar-refractivity contribution in [2.24, 2.45) is 0 Å². The van der Waals surface area contributed by atoms with Crippen molar-refractivity contribution >= 4 is 5.82 Å². The van der Waals surface area contributed by atoms with E-state index in [1.807, 2.05) is 20.2 Å². The Bertz CT molecular complexity index is 669. The van der Waals surface area contributed by atoms with Crippen LogP contribution in [-0.2, 0) is 0 Å². The predicted octanol–water partition coefficient (Wildman–Crippen LogP) is 2.82. The van der Waals surface area contributed by atoms with Crippen molar-refractivity contribution in [1.82, 2.24) is 24.7 Å². The largest absolute Gasteiger partial charge is 0.472 e. The SMILES string of the molecule is CC(C)Oc1nccnc1N1CCCC(c2nncn2C(C)C)C1. The number of rotatable bonds is 5. The van der Waals surface area contributed by atoms with Gasteiger partial charge < -0.3 is 14.2 Å². The van der Waals surface area contributed by atoms with E-state index in [1.165, 1.54) is 0 Å². The first kappa shape index (κ1) is 16.7. The van der Waals surface area contributed by atoms with Gasteiger partial charge in [0.15, 0.2) is 5.82 Å². The van der Waals surface area contributed by atoms with Gasteiger partial charge in [0, 0.05) is 37.4 Å². The van der Waals surface area contributed by atoms with Gasteiger partial charge >= 0.3 is 0 Å². The van der Waals surface area contributed by atoms with E-state index in [1.54, 1.807) is 12.4 Å². The van der Waals surface area contributed by atoms with Gasteiger partial charge in [-0.2, -0.15) is 0 Å². The van der Waals surface area contributed by atoms with Crippen molar-refractivity contribution in [2.45, 2.75) is 58.6 Å². The second kappa shape index (κ2) is 7.15. The average molecular weight is 330 g/mol. The fourth-order valence-electron chi connectivity index (χ4n) is 3.16. The molecule has 0 amide bonds. The highest BCUT2D eigenvalue weighted by Gasteiger charge is 2.28. The lowest BCUT2D eigenvalue weighted by Crippen LogP contribution is -2.36. The molecule has 1 aliphatic heterocycles. The zero-order valence-electron chi connectivity index (χ0n) is 14.9. The number of hydrogen-bond donors (Lipinski definition) is 0. The molecule has 0 bridgehead atoms. The van der Waals surface area contributed by atoms with Crippen molar-refractivity contribution in [3.05, 3.63) is 24.5 Å². The van der Waals surface area contributed by atoms with Crippen LogP contribution in [-0.4, -0.2) is 43.9 Å². The van der Waals surface area contributed by atoms with Crippen LogP contribution in [0.15, 0.2) is 18.7 Å². The van der Waals surface area contributed by atoms with E-state index in [2.05, 4.69) is 43.5 Å². The van der Waals surface area contributed by atoms with E-state index in [9.17, 15) is 0 Å². The van der Waals surface area contributed by atoms with Crippen LogP contribution < -0.4 is 9.64 Å². The third-order valence-electron chi connectivity index (χ3n) is 4.24. The van der Waals surface area contributed by atoms with Gasteiger partial charge in [0.25, 0.3) is 5.88 Å². The topological polar surface area (TPSA) is 69.0 Å². The van der Waals surface area contributed by atoms with Gasteiger partial charge in [0.1, 0.15) is 12.2 Å². The number of hydrogen-bond acceptors (Lipinski definition) is 6. The Balaban J connectivity index is 1.83. The first-order valence-corrected chi connectivity index (χ1v) is 8.68. The molecule has 7 nitrogen and oxygen atoms in total. The van der Waals surface area contributed by atoms with Crippen molar-refractivity contribution in [3.63, 3.8) is 0 Å². The molecule has 0 N–H and O–H groups in total. The summed E-state index contributed by atoms with van der Waals surface area (Å²) in [5.41, 5.74) is 0. The van der Waals surface area contributed by atoms with E-state index >= 15 is 0 Å². The summed E-state index contributed by atoms with van der Waals surface area (Å²) in [4.78, 5) is 11.2. The molecule has 1 atom stereocenters. The molecule has 0 spiro atoms. The molecule has 3 rings (SSSR count). The Hall–Kier alpha value is -2.18. The summed E-state index contributed by atoms with van der Waals surface area (Å²) in [6.45, 7) is 10.1. The van der Waals surface area contributed by atoms with E-state index in [0.29, 0.717) is 17.8 Å². The van der Waals surface area contributed by atoms with Crippen molar-refractivity contribution < 1.29 is 4.74 Å². The average Bonchev–Trinajstić information content (AvgIpc) is 3.05. The lowest BCUT2D eigenvalue weighted by molar-refractivity contribution is 0.231. The summed E-state index contributed by atoms with van der Waals surface area (Å²) in [7, 11) is 0. The Labute approximate surface area is 143 Å². The minimum Gasteiger partial charge on any atom is -0.472 e. The van der Waals surface area contributed by atoms with Crippen molar-refractivity contribution in [2.75, 3.05) is 18.0 Å². The molecule has 1 saturated heterocycles. The first-order chi connectivity index (χ1) is 11.6. The molecule has 0 aliphatic carbocycles. The Kier molecular flexibility index (Phi) is 4.97. The summed E-state index contributed by atoms with van der Waals surface area (Å²) >= 11 is 0. The van der Waals surface area contributed by atoms with Crippen LogP contribution in [0.2, 0.25) is 0 Å². The Morgan fingerprint density at radius 1 is 1.17 bits per heavy atom. The van der Waals surface area contributed by atoms with Gasteiger partial charge in [-0.15, -0.1) is 10.2 Å². The maximum Gasteiger partial charge on any atom is 0.257 e. The third-order valence-corrected chi connectivity index (χ3v) is 4.24. The highest BCUT2D eigenvalue weighted by Crippen LogP contribution is 2.32. The number of aromatic nitrogens is 5. The molecule has 1 fully saturated rings. The zero-order chi connectivity index (χ0) is 17.1. The standard InChI is InChI=1S/C17H26N6O/c1-12(2)23-11-20-21-15(23)14-6-5-9-22(10-14)16-17(24-13(3)4)19-8-7-18-16/h7-8,11-14H,5-6,9-10H2,1-4H3. The summed E-state index contributed by atoms with van der Waals surface area (Å²) in [6, 6.07) is 0.363. The highest BCUT2D eigenvalue weighted by molar-refractivity contribution is 5.48. The number of ether oxygens (including phenoxy) is 1. The quantitative estimate of drug-likeness (QED) is 0.839. The van der Waals surface area contributed by atoms with Gasteiger partial charge in [-0.25, -0.2) is 9.97 Å². The molecule has 130 valence electrons. The second-order valence-electron chi connectivity index (χ2n) is 6.83. The summed E-state index contributed by atoms with van der Waals surface area (Å²) in [5, 5.41) is 8.49. The van der Waals surface area contributed by atoms with E-state index in [4.69, 9.17) is 4.74 Å². The van der Waals surface area contributed by atoms with Crippen LogP contribution in [0.1, 0.15) is 58.3 Å². The molecule has 0 saturated carbocycles. The lowest BCUT2D eigenvalue weighted by atomic mass is 9.97. The summed E-state index contributed by atoms with van der Waals surface area (Å²) in [6.07, 6.45) is 7.51. The van der Waals surface area contributed by atoms with Crippen molar-refractivity contribution in [1.29, 1.82) is 0 Å². The van der Waals surface area contributed by atoms with Crippen LogP contribution in [0, 0.1) is 0 Å². The van der Waals surface area contributed by atoms with Crippen LogP contribution in [0.4, 0.5) is 5.82 Å². The Morgan fingerprint density at radius 2 is 1.96 bits per heavy atom. The van der Waals surface area contributed by atoms with Gasteiger partial charge in [-0.1, -0.05) is 0 Å². The number of nitrogens with zero attached hydrogens (tertiary/aromatic N) is 6. The minimum absolute atomic E-state index is 0.0741. The van der Waals surface area contributed by atoms with Gasteiger partial charge in [0.05, 0.1) is 6.10 Å². The fourth-order valence-corrected chi connectivity index (χ4v) is 3.16.